The molecule has 1 unspecified atom stereocenters. The lowest BCUT2D eigenvalue weighted by Crippen LogP contribution is -2.30. The van der Waals surface area contributed by atoms with Gasteiger partial charge in [0.2, 0.25) is 5.91 Å². The van der Waals surface area contributed by atoms with Crippen molar-refractivity contribution in [3.63, 3.8) is 0 Å². The van der Waals surface area contributed by atoms with Crippen molar-refractivity contribution < 1.29 is 9.53 Å². The SMILES string of the molecule is CC(C)COc1ccccc1CN(C)C(=O)Cn1ccc(C2CCCNC2)n1.Cl. The van der Waals surface area contributed by atoms with Crippen molar-refractivity contribution in [2.24, 2.45) is 5.92 Å². The Kier molecular flexibility index (Phi) is 8.99. The molecule has 6 nitrogen and oxygen atoms in total. The van der Waals surface area contributed by atoms with Gasteiger partial charge in [0.15, 0.2) is 0 Å². The van der Waals surface area contributed by atoms with E-state index in [0.717, 1.165) is 36.5 Å². The molecule has 0 bridgehead atoms. The van der Waals surface area contributed by atoms with Crippen LogP contribution in [0.25, 0.3) is 0 Å². The van der Waals surface area contributed by atoms with E-state index in [1.54, 1.807) is 9.58 Å². The molecule has 160 valence electrons. The fourth-order valence-electron chi connectivity index (χ4n) is 3.42. The Balaban J connectivity index is 0.00000300. The molecule has 7 heteroatoms. The van der Waals surface area contributed by atoms with Gasteiger partial charge in [0.05, 0.1) is 12.3 Å². The zero-order valence-electron chi connectivity index (χ0n) is 17.6. The third kappa shape index (κ3) is 6.75. The first kappa shape index (κ1) is 23.2. The summed E-state index contributed by atoms with van der Waals surface area (Å²) in [5.74, 6) is 1.80. The molecule has 1 aliphatic rings. The van der Waals surface area contributed by atoms with E-state index in [-0.39, 0.29) is 24.9 Å². The molecule has 0 spiro atoms. The molecule has 0 aliphatic carbocycles. The zero-order valence-corrected chi connectivity index (χ0v) is 18.5. The maximum absolute atomic E-state index is 12.7. The molecule has 1 saturated heterocycles. The van der Waals surface area contributed by atoms with Crippen molar-refractivity contribution in [2.75, 3.05) is 26.7 Å². The standard InChI is InChI=1S/C22H32N4O2.ClH/c1-17(2)16-28-21-9-5-4-7-19(21)14-25(3)22(27)15-26-12-10-20(24-26)18-8-6-11-23-13-18;/h4-5,7,9-10,12,17-18,23H,6,8,11,13-16H2,1-3H3;1H. The van der Waals surface area contributed by atoms with Gasteiger partial charge in [-0.05, 0) is 37.4 Å². The summed E-state index contributed by atoms with van der Waals surface area (Å²) >= 11 is 0. The van der Waals surface area contributed by atoms with Crippen LogP contribution in [-0.4, -0.2) is 47.3 Å². The third-order valence-corrected chi connectivity index (χ3v) is 5.05. The first-order chi connectivity index (χ1) is 13.5. The lowest BCUT2D eigenvalue weighted by Gasteiger charge is -2.21. The van der Waals surface area contributed by atoms with Crippen LogP contribution in [0.4, 0.5) is 0 Å². The van der Waals surface area contributed by atoms with Crippen LogP contribution in [0.1, 0.15) is 43.9 Å². The number of aromatic nitrogens is 2. The minimum atomic E-state index is 0. The topological polar surface area (TPSA) is 59.4 Å². The second kappa shape index (κ2) is 11.2. The van der Waals surface area contributed by atoms with E-state index in [4.69, 9.17) is 4.74 Å². The Morgan fingerprint density at radius 1 is 1.34 bits per heavy atom. The number of benzene rings is 1. The highest BCUT2D eigenvalue weighted by molar-refractivity contribution is 5.85. The molecule has 1 aromatic carbocycles. The zero-order chi connectivity index (χ0) is 19.9. The predicted molar refractivity (Wildman–Crippen MR) is 118 cm³/mol. The van der Waals surface area contributed by atoms with Gasteiger partial charge in [-0.2, -0.15) is 5.10 Å². The van der Waals surface area contributed by atoms with Crippen molar-refractivity contribution >= 4 is 18.3 Å². The van der Waals surface area contributed by atoms with Gasteiger partial charge in [-0.15, -0.1) is 12.4 Å². The first-order valence-corrected chi connectivity index (χ1v) is 10.2. The van der Waals surface area contributed by atoms with Gasteiger partial charge in [-0.3, -0.25) is 9.48 Å². The van der Waals surface area contributed by atoms with Crippen LogP contribution in [0.5, 0.6) is 5.75 Å². The Bertz CT molecular complexity index is 772. The number of amides is 1. The number of likely N-dealkylation sites (N-methyl/N-ethyl adjacent to an activating group) is 1. The Morgan fingerprint density at radius 3 is 2.86 bits per heavy atom. The fourth-order valence-corrected chi connectivity index (χ4v) is 3.42. The van der Waals surface area contributed by atoms with E-state index in [9.17, 15) is 4.79 Å². The van der Waals surface area contributed by atoms with Crippen LogP contribution >= 0.6 is 12.4 Å². The summed E-state index contributed by atoms with van der Waals surface area (Å²) in [5, 5.41) is 8.05. The normalized spacial score (nSPS) is 16.3. The van der Waals surface area contributed by atoms with Crippen LogP contribution in [0.2, 0.25) is 0 Å². The number of carbonyl (C=O) groups excluding carboxylic acids is 1. The minimum absolute atomic E-state index is 0. The van der Waals surface area contributed by atoms with Crippen LogP contribution < -0.4 is 10.1 Å². The lowest BCUT2D eigenvalue weighted by molar-refractivity contribution is -0.131. The maximum atomic E-state index is 12.7. The number of piperidine rings is 1. The summed E-state index contributed by atoms with van der Waals surface area (Å²) in [7, 11) is 1.83. The van der Waals surface area contributed by atoms with E-state index < -0.39 is 0 Å². The fraction of sp³-hybridized carbons (Fsp3) is 0.545. The summed E-state index contributed by atoms with van der Waals surface area (Å²) in [4.78, 5) is 14.4. The Labute approximate surface area is 180 Å². The van der Waals surface area contributed by atoms with E-state index in [1.165, 1.54) is 6.42 Å². The number of rotatable bonds is 8. The molecule has 1 amide bonds. The van der Waals surface area contributed by atoms with Gasteiger partial charge in [0.1, 0.15) is 12.3 Å². The molecule has 3 rings (SSSR count). The summed E-state index contributed by atoms with van der Waals surface area (Å²) in [6.07, 6.45) is 4.25. The van der Waals surface area contributed by atoms with Gasteiger partial charge < -0.3 is 15.0 Å². The van der Waals surface area contributed by atoms with Gasteiger partial charge in [0, 0.05) is 37.8 Å². The van der Waals surface area contributed by atoms with Crippen molar-refractivity contribution in [1.82, 2.24) is 20.0 Å². The quantitative estimate of drug-likeness (QED) is 0.710. The molecule has 1 aromatic heterocycles. The lowest BCUT2D eigenvalue weighted by atomic mass is 9.97. The van der Waals surface area contributed by atoms with Crippen LogP contribution in [0, 0.1) is 5.92 Å². The molecular formula is C22H33ClN4O2. The second-order valence-corrected chi connectivity index (χ2v) is 8.04. The molecular weight excluding hydrogens is 388 g/mol. The largest absolute Gasteiger partial charge is 0.493 e. The third-order valence-electron chi connectivity index (χ3n) is 5.05. The number of para-hydroxylation sites is 1. The molecule has 1 N–H and O–H groups in total. The maximum Gasteiger partial charge on any atom is 0.244 e. The number of ether oxygens (including phenoxy) is 1. The number of nitrogens with one attached hydrogen (secondary N) is 1. The molecule has 2 heterocycles. The smallest absolute Gasteiger partial charge is 0.244 e. The van der Waals surface area contributed by atoms with Gasteiger partial charge in [-0.1, -0.05) is 32.0 Å². The summed E-state index contributed by atoms with van der Waals surface area (Å²) in [6.45, 7) is 7.75. The van der Waals surface area contributed by atoms with Crippen LogP contribution in [-0.2, 0) is 17.9 Å². The average Bonchev–Trinajstić information content (AvgIpc) is 3.16. The van der Waals surface area contributed by atoms with Crippen LogP contribution in [0.3, 0.4) is 0 Å². The Morgan fingerprint density at radius 2 is 2.14 bits per heavy atom. The van der Waals surface area contributed by atoms with Crippen molar-refractivity contribution in [3.05, 3.63) is 47.8 Å². The van der Waals surface area contributed by atoms with Crippen LogP contribution in [0.15, 0.2) is 36.5 Å². The minimum Gasteiger partial charge on any atom is -0.493 e. The van der Waals surface area contributed by atoms with E-state index in [1.807, 2.05) is 43.6 Å². The van der Waals surface area contributed by atoms with Crippen molar-refractivity contribution in [3.8, 4) is 5.75 Å². The monoisotopic (exact) mass is 420 g/mol. The summed E-state index contributed by atoms with van der Waals surface area (Å²) < 4.78 is 7.66. The highest BCUT2D eigenvalue weighted by Gasteiger charge is 2.19. The molecule has 0 radical (unpaired) electrons. The molecule has 2 aromatic rings. The second-order valence-electron chi connectivity index (χ2n) is 8.04. The van der Waals surface area contributed by atoms with E-state index in [0.29, 0.717) is 25.0 Å². The number of hydrogen-bond acceptors (Lipinski definition) is 4. The highest BCUT2D eigenvalue weighted by atomic mass is 35.5. The van der Waals surface area contributed by atoms with Gasteiger partial charge in [-0.25, -0.2) is 0 Å². The molecule has 1 fully saturated rings. The van der Waals surface area contributed by atoms with Gasteiger partial charge in [0.25, 0.3) is 0 Å². The molecule has 29 heavy (non-hydrogen) atoms. The molecule has 0 saturated carbocycles. The predicted octanol–water partition coefficient (Wildman–Crippen LogP) is 3.47. The Hall–Kier alpha value is -2.05. The number of halogens is 1. The summed E-state index contributed by atoms with van der Waals surface area (Å²) in [6, 6.07) is 9.97. The van der Waals surface area contributed by atoms with E-state index in [2.05, 4.69) is 24.3 Å². The number of hydrogen-bond donors (Lipinski definition) is 1. The first-order valence-electron chi connectivity index (χ1n) is 10.2. The summed E-state index contributed by atoms with van der Waals surface area (Å²) in [5.41, 5.74) is 2.10. The number of carbonyl (C=O) groups is 1. The van der Waals surface area contributed by atoms with Gasteiger partial charge >= 0.3 is 0 Å². The van der Waals surface area contributed by atoms with E-state index >= 15 is 0 Å². The van der Waals surface area contributed by atoms with Crippen molar-refractivity contribution in [1.29, 1.82) is 0 Å². The highest BCUT2D eigenvalue weighted by Crippen LogP contribution is 2.22. The number of nitrogens with zero attached hydrogens (tertiary/aromatic N) is 3. The molecule has 1 atom stereocenters. The molecule has 1 aliphatic heterocycles. The average molecular weight is 421 g/mol. The van der Waals surface area contributed by atoms with Crippen molar-refractivity contribution in [2.45, 2.75) is 45.7 Å².